The maximum Gasteiger partial charge on any atom is 0.0727 e. The lowest BCUT2D eigenvalue weighted by Gasteiger charge is -2.10. The van der Waals surface area contributed by atoms with E-state index in [9.17, 15) is 0 Å². The third-order valence-electron chi connectivity index (χ3n) is 1.93. The van der Waals surface area contributed by atoms with Gasteiger partial charge in [0.1, 0.15) is 0 Å². The fourth-order valence-corrected chi connectivity index (χ4v) is 1.29. The molecule has 0 bridgehead atoms. The summed E-state index contributed by atoms with van der Waals surface area (Å²) in [5.74, 6) is 2.74. The molecule has 1 aromatic carbocycles. The first-order chi connectivity index (χ1) is 6.36. The minimum absolute atomic E-state index is 0.160. The molecule has 0 heterocycles. The van der Waals surface area contributed by atoms with Crippen LogP contribution in [0.3, 0.4) is 0 Å². The molecule has 0 spiro atoms. The van der Waals surface area contributed by atoms with Crippen molar-refractivity contribution >= 4 is 0 Å². The van der Waals surface area contributed by atoms with Crippen LogP contribution >= 0.6 is 0 Å². The zero-order valence-corrected chi connectivity index (χ0v) is 7.96. The monoisotopic (exact) mass is 173 g/mol. The van der Waals surface area contributed by atoms with Crippen LogP contribution in [0.1, 0.15) is 12.5 Å². The van der Waals surface area contributed by atoms with E-state index >= 15 is 0 Å². The Morgan fingerprint density at radius 2 is 2.08 bits per heavy atom. The third-order valence-corrected chi connectivity index (χ3v) is 1.93. The minimum atomic E-state index is 0.160. The summed E-state index contributed by atoms with van der Waals surface area (Å²) in [5, 5.41) is 3.24. The first-order valence-electron chi connectivity index (χ1n) is 4.60. The highest BCUT2D eigenvalue weighted by Gasteiger charge is 2.02. The number of hydrogen-bond donors (Lipinski definition) is 1. The van der Waals surface area contributed by atoms with E-state index < -0.39 is 0 Å². The van der Waals surface area contributed by atoms with Crippen molar-refractivity contribution in [1.29, 1.82) is 0 Å². The highest BCUT2D eigenvalue weighted by Crippen LogP contribution is 2.02. The average Bonchev–Trinajstić information content (AvgIpc) is 2.19. The van der Waals surface area contributed by atoms with E-state index in [4.69, 9.17) is 6.42 Å². The number of hydrogen-bond acceptors (Lipinski definition) is 1. The molecule has 1 nitrogen and oxygen atoms in total. The second kappa shape index (κ2) is 5.40. The molecular formula is C12H15N. The Morgan fingerprint density at radius 3 is 2.62 bits per heavy atom. The Kier molecular flexibility index (Phi) is 4.08. The van der Waals surface area contributed by atoms with Crippen LogP contribution in [0.15, 0.2) is 30.3 Å². The summed E-state index contributed by atoms with van der Waals surface area (Å²) >= 11 is 0. The van der Waals surface area contributed by atoms with Crippen molar-refractivity contribution in [3.05, 3.63) is 35.9 Å². The predicted octanol–water partition coefficient (Wildman–Crippen LogP) is 1.84. The summed E-state index contributed by atoms with van der Waals surface area (Å²) < 4.78 is 0. The highest BCUT2D eigenvalue weighted by atomic mass is 14.9. The van der Waals surface area contributed by atoms with Crippen LogP contribution in [0.2, 0.25) is 0 Å². The summed E-state index contributed by atoms with van der Waals surface area (Å²) in [6.45, 7) is 2.98. The van der Waals surface area contributed by atoms with Crippen LogP contribution in [-0.4, -0.2) is 12.6 Å². The summed E-state index contributed by atoms with van der Waals surface area (Å²) in [4.78, 5) is 0. The Bertz CT molecular complexity index is 271. The number of benzene rings is 1. The molecule has 0 amide bonds. The normalized spacial score (nSPS) is 12.0. The van der Waals surface area contributed by atoms with E-state index in [0.717, 1.165) is 13.0 Å². The molecule has 0 saturated heterocycles. The van der Waals surface area contributed by atoms with Crippen LogP contribution in [-0.2, 0) is 6.42 Å². The molecule has 1 atom stereocenters. The van der Waals surface area contributed by atoms with Gasteiger partial charge in [0.25, 0.3) is 0 Å². The molecule has 1 N–H and O–H groups in total. The fraction of sp³-hybridized carbons (Fsp3) is 0.333. The van der Waals surface area contributed by atoms with Gasteiger partial charge in [-0.3, -0.25) is 0 Å². The summed E-state index contributed by atoms with van der Waals surface area (Å²) in [6, 6.07) is 10.4. The van der Waals surface area contributed by atoms with Gasteiger partial charge in [0.2, 0.25) is 0 Å². The van der Waals surface area contributed by atoms with Crippen molar-refractivity contribution in [1.82, 2.24) is 5.32 Å². The molecule has 0 aliphatic heterocycles. The van der Waals surface area contributed by atoms with Crippen LogP contribution in [0.25, 0.3) is 0 Å². The fourth-order valence-electron chi connectivity index (χ4n) is 1.29. The van der Waals surface area contributed by atoms with Crippen LogP contribution in [0, 0.1) is 12.3 Å². The van der Waals surface area contributed by atoms with Crippen molar-refractivity contribution in [3.63, 3.8) is 0 Å². The van der Waals surface area contributed by atoms with Gasteiger partial charge < -0.3 is 5.32 Å². The quantitative estimate of drug-likeness (QED) is 0.685. The highest BCUT2D eigenvalue weighted by molar-refractivity contribution is 5.18. The van der Waals surface area contributed by atoms with E-state index in [1.54, 1.807) is 0 Å². The SMILES string of the molecule is C#C[C@@H](Cc1ccccc1)NCC. The smallest absolute Gasteiger partial charge is 0.0727 e. The van der Waals surface area contributed by atoms with Gasteiger partial charge >= 0.3 is 0 Å². The Labute approximate surface area is 80.2 Å². The lowest BCUT2D eigenvalue weighted by Crippen LogP contribution is -2.29. The molecular weight excluding hydrogens is 158 g/mol. The molecule has 68 valence electrons. The molecule has 1 rings (SSSR count). The van der Waals surface area contributed by atoms with Gasteiger partial charge in [0, 0.05) is 0 Å². The van der Waals surface area contributed by atoms with Gasteiger partial charge in [0.05, 0.1) is 6.04 Å². The van der Waals surface area contributed by atoms with Gasteiger partial charge in [-0.1, -0.05) is 43.2 Å². The number of rotatable bonds is 4. The zero-order chi connectivity index (χ0) is 9.52. The lowest BCUT2D eigenvalue weighted by molar-refractivity contribution is 0.628. The molecule has 1 heteroatoms. The molecule has 0 saturated carbocycles. The van der Waals surface area contributed by atoms with Crippen LogP contribution in [0.5, 0.6) is 0 Å². The van der Waals surface area contributed by atoms with E-state index in [2.05, 4.69) is 30.3 Å². The second-order valence-electron chi connectivity index (χ2n) is 2.97. The number of terminal acetylenes is 1. The van der Waals surface area contributed by atoms with Gasteiger partial charge in [-0.15, -0.1) is 6.42 Å². The molecule has 1 aromatic rings. The van der Waals surface area contributed by atoms with Crippen LogP contribution in [0.4, 0.5) is 0 Å². The van der Waals surface area contributed by atoms with Crippen molar-refractivity contribution < 1.29 is 0 Å². The molecule has 0 radical (unpaired) electrons. The van der Waals surface area contributed by atoms with E-state index in [1.807, 2.05) is 18.2 Å². The summed E-state index contributed by atoms with van der Waals surface area (Å²) in [6.07, 6.45) is 6.30. The molecule has 0 aromatic heterocycles. The standard InChI is InChI=1S/C12H15N/c1-3-12(13-4-2)10-11-8-6-5-7-9-11/h1,5-9,12-13H,4,10H2,2H3/t12-/m0/s1. The van der Waals surface area contributed by atoms with E-state index in [0.29, 0.717) is 0 Å². The Morgan fingerprint density at radius 1 is 1.38 bits per heavy atom. The largest absolute Gasteiger partial charge is 0.304 e. The Balaban J connectivity index is 2.53. The van der Waals surface area contributed by atoms with Crippen molar-refractivity contribution in [2.75, 3.05) is 6.54 Å². The topological polar surface area (TPSA) is 12.0 Å². The minimum Gasteiger partial charge on any atom is -0.304 e. The van der Waals surface area contributed by atoms with Crippen LogP contribution < -0.4 is 5.32 Å². The first kappa shape index (κ1) is 9.83. The molecule has 0 aliphatic carbocycles. The maximum absolute atomic E-state index is 5.39. The zero-order valence-electron chi connectivity index (χ0n) is 7.96. The van der Waals surface area contributed by atoms with Gasteiger partial charge in [-0.25, -0.2) is 0 Å². The number of nitrogens with one attached hydrogen (secondary N) is 1. The number of likely N-dealkylation sites (N-methyl/N-ethyl adjacent to an activating group) is 1. The van der Waals surface area contributed by atoms with Crippen molar-refractivity contribution in [2.45, 2.75) is 19.4 Å². The molecule has 0 fully saturated rings. The van der Waals surface area contributed by atoms with Crippen molar-refractivity contribution in [3.8, 4) is 12.3 Å². The maximum atomic E-state index is 5.39. The second-order valence-corrected chi connectivity index (χ2v) is 2.97. The van der Waals surface area contributed by atoms with Gasteiger partial charge in [-0.05, 0) is 18.5 Å². The van der Waals surface area contributed by atoms with E-state index in [-0.39, 0.29) is 6.04 Å². The van der Waals surface area contributed by atoms with Gasteiger partial charge in [-0.2, -0.15) is 0 Å². The first-order valence-corrected chi connectivity index (χ1v) is 4.60. The molecule has 0 aliphatic rings. The Hall–Kier alpha value is -1.26. The molecule has 0 unspecified atom stereocenters. The third kappa shape index (κ3) is 3.31. The lowest BCUT2D eigenvalue weighted by atomic mass is 10.1. The van der Waals surface area contributed by atoms with Gasteiger partial charge in [0.15, 0.2) is 0 Å². The average molecular weight is 173 g/mol. The molecule has 13 heavy (non-hydrogen) atoms. The van der Waals surface area contributed by atoms with E-state index in [1.165, 1.54) is 5.56 Å². The summed E-state index contributed by atoms with van der Waals surface area (Å²) in [5.41, 5.74) is 1.28. The predicted molar refractivity (Wildman–Crippen MR) is 56.4 cm³/mol. The summed E-state index contributed by atoms with van der Waals surface area (Å²) in [7, 11) is 0. The van der Waals surface area contributed by atoms with Crippen molar-refractivity contribution in [2.24, 2.45) is 0 Å².